The molecule has 1 N–H and O–H groups in total. The van der Waals surface area contributed by atoms with Gasteiger partial charge in [-0.05, 0) is 23.6 Å². The highest BCUT2D eigenvalue weighted by Gasteiger charge is 2.25. The zero-order chi connectivity index (χ0) is 17.9. The summed E-state index contributed by atoms with van der Waals surface area (Å²) in [6.07, 6.45) is 0. The molecule has 6 heteroatoms. The first-order chi connectivity index (χ1) is 11.3. The molecule has 0 unspecified atom stereocenters. The Hall–Kier alpha value is -2.34. The number of hydrogen-bond donors (Lipinski definition) is 1. The zero-order valence-corrected chi connectivity index (χ0v) is 15.2. The van der Waals surface area contributed by atoms with Crippen LogP contribution >= 0.6 is 11.3 Å². The Morgan fingerprint density at radius 1 is 1.08 bits per heavy atom. The highest BCUT2D eigenvalue weighted by atomic mass is 32.1. The van der Waals surface area contributed by atoms with Crippen LogP contribution in [0.15, 0.2) is 30.3 Å². The normalized spacial score (nSPS) is 11.0. The summed E-state index contributed by atoms with van der Waals surface area (Å²) in [7, 11) is 2.83. The number of anilines is 1. The fraction of sp³-hybridized carbons (Fsp3) is 0.333. The fourth-order valence-corrected chi connectivity index (χ4v) is 3.22. The van der Waals surface area contributed by atoms with Gasteiger partial charge in [-0.1, -0.05) is 32.9 Å². The molecule has 0 radical (unpaired) electrons. The predicted octanol–water partition coefficient (Wildman–Crippen LogP) is 4.09. The summed E-state index contributed by atoms with van der Waals surface area (Å²) in [5, 5.41) is 3.28. The molecule has 2 rings (SSSR count). The standard InChI is InChI=1S/C18H21NO4S/c1-18(2,3)14-10-12(17(21)23-5)16(24-14)19-15(20)11-8-6-7-9-13(11)22-4/h6-10H,1-5H3,(H,19,20). The molecule has 0 aliphatic carbocycles. The summed E-state index contributed by atoms with van der Waals surface area (Å²) >= 11 is 1.37. The number of amides is 1. The number of hydrogen-bond acceptors (Lipinski definition) is 5. The Labute approximate surface area is 145 Å². The number of methoxy groups -OCH3 is 2. The van der Waals surface area contributed by atoms with Crippen LogP contribution in [0.25, 0.3) is 0 Å². The second-order valence-corrected chi connectivity index (χ2v) is 7.30. The quantitative estimate of drug-likeness (QED) is 0.846. The van der Waals surface area contributed by atoms with E-state index in [1.807, 2.05) is 20.8 Å². The molecule has 1 aromatic carbocycles. The number of carbonyl (C=O) groups is 2. The molecule has 0 aliphatic heterocycles. The molecule has 5 nitrogen and oxygen atoms in total. The van der Waals surface area contributed by atoms with Gasteiger partial charge in [0, 0.05) is 4.88 Å². The molecule has 24 heavy (non-hydrogen) atoms. The average molecular weight is 347 g/mol. The van der Waals surface area contributed by atoms with E-state index in [1.54, 1.807) is 30.3 Å². The first-order valence-corrected chi connectivity index (χ1v) is 8.26. The van der Waals surface area contributed by atoms with Crippen LogP contribution in [-0.4, -0.2) is 26.1 Å². The maximum absolute atomic E-state index is 12.6. The lowest BCUT2D eigenvalue weighted by Crippen LogP contribution is -2.14. The van der Waals surface area contributed by atoms with Crippen LogP contribution in [0, 0.1) is 0 Å². The second-order valence-electron chi connectivity index (χ2n) is 6.25. The molecular weight excluding hydrogens is 326 g/mol. The van der Waals surface area contributed by atoms with Crippen LogP contribution in [-0.2, 0) is 10.2 Å². The molecule has 1 heterocycles. The van der Waals surface area contributed by atoms with Crippen LogP contribution in [0.4, 0.5) is 5.00 Å². The van der Waals surface area contributed by atoms with Crippen molar-refractivity contribution in [1.82, 2.24) is 0 Å². The molecule has 0 aliphatic rings. The van der Waals surface area contributed by atoms with E-state index in [2.05, 4.69) is 5.32 Å². The number of benzene rings is 1. The molecule has 0 saturated heterocycles. The topological polar surface area (TPSA) is 64.6 Å². The van der Waals surface area contributed by atoms with Gasteiger partial charge in [0.1, 0.15) is 10.8 Å². The van der Waals surface area contributed by atoms with Crippen LogP contribution in [0.1, 0.15) is 46.4 Å². The van der Waals surface area contributed by atoms with Gasteiger partial charge in [0.25, 0.3) is 5.91 Å². The smallest absolute Gasteiger partial charge is 0.340 e. The molecule has 128 valence electrons. The third kappa shape index (κ3) is 3.76. The third-order valence-corrected chi connectivity index (χ3v) is 4.93. The molecule has 1 amide bonds. The van der Waals surface area contributed by atoms with Crippen molar-refractivity contribution in [3.63, 3.8) is 0 Å². The molecule has 2 aromatic rings. The molecule has 0 atom stereocenters. The number of esters is 1. The van der Waals surface area contributed by atoms with Gasteiger partial charge in [-0.25, -0.2) is 4.79 Å². The van der Waals surface area contributed by atoms with Crippen LogP contribution < -0.4 is 10.1 Å². The minimum atomic E-state index is -0.475. The van der Waals surface area contributed by atoms with Gasteiger partial charge >= 0.3 is 5.97 Å². The number of nitrogens with one attached hydrogen (secondary N) is 1. The summed E-state index contributed by atoms with van der Waals surface area (Å²) in [6, 6.07) is 8.70. The number of para-hydroxylation sites is 1. The van der Waals surface area contributed by atoms with Crippen molar-refractivity contribution in [1.29, 1.82) is 0 Å². The molecule has 1 aromatic heterocycles. The van der Waals surface area contributed by atoms with Crippen molar-refractivity contribution in [2.45, 2.75) is 26.2 Å². The van der Waals surface area contributed by atoms with Gasteiger partial charge in [0.15, 0.2) is 0 Å². The van der Waals surface area contributed by atoms with Gasteiger partial charge in [-0.3, -0.25) is 4.79 Å². The van der Waals surface area contributed by atoms with E-state index in [4.69, 9.17) is 9.47 Å². The van der Waals surface area contributed by atoms with Crippen molar-refractivity contribution in [2.75, 3.05) is 19.5 Å². The van der Waals surface area contributed by atoms with Gasteiger partial charge < -0.3 is 14.8 Å². The first kappa shape index (κ1) is 18.0. The predicted molar refractivity (Wildman–Crippen MR) is 95.3 cm³/mol. The van der Waals surface area contributed by atoms with Crippen molar-refractivity contribution in [2.24, 2.45) is 0 Å². The lowest BCUT2D eigenvalue weighted by molar-refractivity contribution is 0.0602. The number of ether oxygens (including phenoxy) is 2. The second kappa shape index (κ2) is 7.05. The molecule has 0 bridgehead atoms. The van der Waals surface area contributed by atoms with E-state index >= 15 is 0 Å². The maximum atomic E-state index is 12.6. The largest absolute Gasteiger partial charge is 0.496 e. The summed E-state index contributed by atoms with van der Waals surface area (Å²) < 4.78 is 10.0. The summed E-state index contributed by atoms with van der Waals surface area (Å²) in [5.74, 6) is -0.334. The first-order valence-electron chi connectivity index (χ1n) is 7.45. The van der Waals surface area contributed by atoms with E-state index in [0.717, 1.165) is 4.88 Å². The number of carbonyl (C=O) groups excluding carboxylic acids is 2. The minimum absolute atomic E-state index is 0.138. The van der Waals surface area contributed by atoms with Crippen LogP contribution in [0.2, 0.25) is 0 Å². The minimum Gasteiger partial charge on any atom is -0.496 e. The van der Waals surface area contributed by atoms with Crippen molar-refractivity contribution >= 4 is 28.2 Å². The van der Waals surface area contributed by atoms with E-state index in [-0.39, 0.29) is 11.3 Å². The van der Waals surface area contributed by atoms with E-state index in [9.17, 15) is 9.59 Å². The lowest BCUT2D eigenvalue weighted by atomic mass is 9.94. The maximum Gasteiger partial charge on any atom is 0.340 e. The van der Waals surface area contributed by atoms with Gasteiger partial charge in [-0.2, -0.15) is 0 Å². The Morgan fingerprint density at radius 2 is 1.75 bits per heavy atom. The van der Waals surface area contributed by atoms with Crippen molar-refractivity contribution in [3.05, 3.63) is 46.3 Å². The Kier molecular flexibility index (Phi) is 5.29. The Balaban J connectivity index is 2.39. The Morgan fingerprint density at radius 3 is 2.33 bits per heavy atom. The summed E-state index contributed by atoms with van der Waals surface area (Å²) in [6.45, 7) is 6.14. The Bertz CT molecular complexity index is 759. The number of rotatable bonds is 4. The lowest BCUT2D eigenvalue weighted by Gasteiger charge is -2.15. The van der Waals surface area contributed by atoms with Gasteiger partial charge in [0.2, 0.25) is 0 Å². The van der Waals surface area contributed by atoms with E-state index in [1.165, 1.54) is 25.6 Å². The third-order valence-electron chi connectivity index (χ3n) is 3.46. The molecule has 0 saturated carbocycles. The van der Waals surface area contributed by atoms with Crippen LogP contribution in [0.3, 0.4) is 0 Å². The monoisotopic (exact) mass is 347 g/mol. The van der Waals surface area contributed by atoms with Crippen molar-refractivity contribution < 1.29 is 19.1 Å². The van der Waals surface area contributed by atoms with Crippen molar-refractivity contribution in [3.8, 4) is 5.75 Å². The molecular formula is C18H21NO4S. The fourth-order valence-electron chi connectivity index (χ4n) is 2.12. The highest BCUT2D eigenvalue weighted by molar-refractivity contribution is 7.16. The highest BCUT2D eigenvalue weighted by Crippen LogP contribution is 2.36. The average Bonchev–Trinajstić information content (AvgIpc) is 2.98. The van der Waals surface area contributed by atoms with Gasteiger partial charge in [0.05, 0.1) is 25.3 Å². The van der Waals surface area contributed by atoms with Crippen LogP contribution in [0.5, 0.6) is 5.75 Å². The SMILES string of the molecule is COC(=O)c1cc(C(C)(C)C)sc1NC(=O)c1ccccc1OC. The van der Waals surface area contributed by atoms with Gasteiger partial charge in [-0.15, -0.1) is 11.3 Å². The van der Waals surface area contributed by atoms with E-state index in [0.29, 0.717) is 21.9 Å². The zero-order valence-electron chi connectivity index (χ0n) is 14.4. The molecule has 0 spiro atoms. The number of thiophene rings is 1. The summed E-state index contributed by atoms with van der Waals surface area (Å²) in [5.41, 5.74) is 0.623. The summed E-state index contributed by atoms with van der Waals surface area (Å²) in [4.78, 5) is 25.6. The molecule has 0 fully saturated rings. The van der Waals surface area contributed by atoms with E-state index < -0.39 is 5.97 Å².